The molecule has 104 valence electrons. The van der Waals surface area contributed by atoms with Crippen LogP contribution in [-0.4, -0.2) is 22.7 Å². The van der Waals surface area contributed by atoms with E-state index in [1.54, 1.807) is 19.1 Å². The van der Waals surface area contributed by atoms with Crippen LogP contribution in [0.1, 0.15) is 31.2 Å². The van der Waals surface area contributed by atoms with E-state index < -0.39 is 0 Å². The molecule has 2 rings (SSSR count). The molecular weight excluding hydrogens is 244 g/mol. The molecule has 5 heteroatoms. The number of aliphatic hydroxyl groups excluding tert-OH is 1. The van der Waals surface area contributed by atoms with E-state index in [0.29, 0.717) is 11.5 Å². The quantitative estimate of drug-likeness (QED) is 0.647. The number of hydrogen-bond donors (Lipinski definition) is 2. The number of rotatable bonds is 4. The maximum Gasteiger partial charge on any atom is 0.272 e. The van der Waals surface area contributed by atoms with Gasteiger partial charge in [0.2, 0.25) is 0 Å². The smallest absolute Gasteiger partial charge is 0.272 e. The van der Waals surface area contributed by atoms with Crippen LogP contribution in [0.25, 0.3) is 0 Å². The molecule has 1 saturated carbocycles. The van der Waals surface area contributed by atoms with Gasteiger partial charge in [0.1, 0.15) is 0 Å². The monoisotopic (exact) mass is 264 g/mol. The van der Waals surface area contributed by atoms with Crippen molar-refractivity contribution in [2.24, 2.45) is 5.92 Å². The van der Waals surface area contributed by atoms with E-state index in [1.807, 2.05) is 0 Å². The van der Waals surface area contributed by atoms with Crippen LogP contribution in [0.3, 0.4) is 0 Å². The van der Waals surface area contributed by atoms with Gasteiger partial charge in [0, 0.05) is 23.9 Å². The number of anilines is 1. The van der Waals surface area contributed by atoms with E-state index in [9.17, 15) is 15.2 Å². The number of aryl methyl sites for hydroxylation is 1. The Hall–Kier alpha value is -1.62. The zero-order valence-corrected chi connectivity index (χ0v) is 11.1. The summed E-state index contributed by atoms with van der Waals surface area (Å²) in [7, 11) is 0. The molecule has 1 fully saturated rings. The fraction of sp³-hybridized carbons (Fsp3) is 0.571. The van der Waals surface area contributed by atoms with Gasteiger partial charge in [-0.25, -0.2) is 0 Å². The summed E-state index contributed by atoms with van der Waals surface area (Å²) in [5.74, 6) is 0.485. The number of nitrogens with zero attached hydrogens (tertiary/aromatic N) is 1. The van der Waals surface area contributed by atoms with Crippen molar-refractivity contribution in [1.82, 2.24) is 0 Å². The lowest BCUT2D eigenvalue weighted by atomic mass is 9.87. The highest BCUT2D eigenvalue weighted by molar-refractivity contribution is 5.53. The van der Waals surface area contributed by atoms with E-state index in [0.717, 1.165) is 37.9 Å². The fourth-order valence-corrected chi connectivity index (χ4v) is 2.68. The van der Waals surface area contributed by atoms with Crippen LogP contribution in [-0.2, 0) is 0 Å². The van der Waals surface area contributed by atoms with E-state index in [1.165, 1.54) is 6.07 Å². The first-order valence-electron chi connectivity index (χ1n) is 6.73. The van der Waals surface area contributed by atoms with Gasteiger partial charge in [-0.05, 0) is 44.2 Å². The topological polar surface area (TPSA) is 75.4 Å². The third-order valence-corrected chi connectivity index (χ3v) is 3.74. The highest BCUT2D eigenvalue weighted by Crippen LogP contribution is 2.26. The molecular formula is C14H20N2O3. The van der Waals surface area contributed by atoms with Crippen molar-refractivity contribution in [2.45, 2.75) is 38.7 Å². The highest BCUT2D eigenvalue weighted by atomic mass is 16.6. The lowest BCUT2D eigenvalue weighted by Gasteiger charge is -2.26. The molecule has 2 N–H and O–H groups in total. The van der Waals surface area contributed by atoms with Crippen molar-refractivity contribution >= 4 is 11.4 Å². The Morgan fingerprint density at radius 3 is 2.89 bits per heavy atom. The van der Waals surface area contributed by atoms with E-state index in [-0.39, 0.29) is 16.7 Å². The summed E-state index contributed by atoms with van der Waals surface area (Å²) in [5, 5.41) is 23.7. The Balaban J connectivity index is 1.92. The molecule has 0 spiro atoms. The second kappa shape index (κ2) is 6.02. The number of nitrogens with one attached hydrogen (secondary N) is 1. The summed E-state index contributed by atoms with van der Waals surface area (Å²) in [4.78, 5) is 10.4. The van der Waals surface area contributed by atoms with Crippen molar-refractivity contribution in [3.8, 4) is 0 Å². The summed E-state index contributed by atoms with van der Waals surface area (Å²) < 4.78 is 0. The predicted molar refractivity (Wildman–Crippen MR) is 74.3 cm³/mol. The SMILES string of the molecule is Cc1cc(NCC2CCCC(O)C2)ccc1[N+](=O)[O-]. The van der Waals surface area contributed by atoms with E-state index in [2.05, 4.69) is 5.32 Å². The molecule has 0 aliphatic heterocycles. The average molecular weight is 264 g/mol. The molecule has 0 saturated heterocycles. The third-order valence-electron chi connectivity index (χ3n) is 3.74. The Bertz CT molecular complexity index is 462. The van der Waals surface area contributed by atoms with Crippen molar-refractivity contribution < 1.29 is 10.0 Å². The number of aliphatic hydroxyl groups is 1. The van der Waals surface area contributed by atoms with Crippen molar-refractivity contribution in [1.29, 1.82) is 0 Å². The summed E-state index contributed by atoms with van der Waals surface area (Å²) in [6.45, 7) is 2.56. The zero-order valence-electron chi connectivity index (χ0n) is 11.1. The molecule has 2 unspecified atom stereocenters. The molecule has 1 aromatic carbocycles. The lowest BCUT2D eigenvalue weighted by Crippen LogP contribution is -2.25. The minimum Gasteiger partial charge on any atom is -0.393 e. The standard InChI is InChI=1S/C14H20N2O3/c1-10-7-12(5-6-14(10)16(18)19)15-9-11-3-2-4-13(17)8-11/h5-7,11,13,15,17H,2-4,8-9H2,1H3. The van der Waals surface area contributed by atoms with E-state index in [4.69, 9.17) is 0 Å². The summed E-state index contributed by atoms with van der Waals surface area (Å²) in [5.41, 5.74) is 1.72. The van der Waals surface area contributed by atoms with Crippen LogP contribution in [0.4, 0.5) is 11.4 Å². The van der Waals surface area contributed by atoms with Gasteiger partial charge in [0.25, 0.3) is 5.69 Å². The molecule has 0 aromatic heterocycles. The normalized spacial score (nSPS) is 23.1. The first kappa shape index (κ1) is 13.8. The molecule has 2 atom stereocenters. The zero-order chi connectivity index (χ0) is 13.8. The van der Waals surface area contributed by atoms with Gasteiger partial charge in [0.05, 0.1) is 11.0 Å². The van der Waals surface area contributed by atoms with Gasteiger partial charge in [-0.3, -0.25) is 10.1 Å². The molecule has 19 heavy (non-hydrogen) atoms. The molecule has 1 aliphatic rings. The van der Waals surface area contributed by atoms with Gasteiger partial charge in [-0.1, -0.05) is 6.42 Å². The summed E-state index contributed by atoms with van der Waals surface area (Å²) >= 11 is 0. The summed E-state index contributed by atoms with van der Waals surface area (Å²) in [6.07, 6.45) is 3.80. The van der Waals surface area contributed by atoms with Crippen LogP contribution in [0.2, 0.25) is 0 Å². The molecule has 1 aliphatic carbocycles. The molecule has 0 radical (unpaired) electrons. The second-order valence-corrected chi connectivity index (χ2v) is 5.33. The minimum absolute atomic E-state index is 0.152. The Morgan fingerprint density at radius 1 is 1.47 bits per heavy atom. The number of benzene rings is 1. The highest BCUT2D eigenvalue weighted by Gasteiger charge is 2.20. The number of nitro benzene ring substituents is 1. The van der Waals surface area contributed by atoms with Crippen LogP contribution >= 0.6 is 0 Å². The number of nitro groups is 1. The van der Waals surface area contributed by atoms with Gasteiger partial charge >= 0.3 is 0 Å². The van der Waals surface area contributed by atoms with Crippen molar-refractivity contribution in [3.63, 3.8) is 0 Å². The van der Waals surface area contributed by atoms with Gasteiger partial charge in [-0.15, -0.1) is 0 Å². The molecule has 0 heterocycles. The second-order valence-electron chi connectivity index (χ2n) is 5.33. The Labute approximate surface area is 112 Å². The Kier molecular flexibility index (Phi) is 4.37. The van der Waals surface area contributed by atoms with Gasteiger partial charge in [-0.2, -0.15) is 0 Å². The molecule has 0 bridgehead atoms. The third kappa shape index (κ3) is 3.67. The molecule has 5 nitrogen and oxygen atoms in total. The first-order valence-corrected chi connectivity index (χ1v) is 6.73. The summed E-state index contributed by atoms with van der Waals surface area (Å²) in [6, 6.07) is 5.08. The van der Waals surface area contributed by atoms with Gasteiger partial charge < -0.3 is 10.4 Å². The van der Waals surface area contributed by atoms with Crippen molar-refractivity contribution in [3.05, 3.63) is 33.9 Å². The average Bonchev–Trinajstić information content (AvgIpc) is 2.36. The maximum atomic E-state index is 10.7. The van der Waals surface area contributed by atoms with E-state index >= 15 is 0 Å². The Morgan fingerprint density at radius 2 is 2.26 bits per heavy atom. The maximum absolute atomic E-state index is 10.7. The molecule has 0 amide bonds. The van der Waals surface area contributed by atoms with Crippen molar-refractivity contribution in [2.75, 3.05) is 11.9 Å². The predicted octanol–water partition coefficient (Wildman–Crippen LogP) is 2.87. The van der Waals surface area contributed by atoms with Crippen LogP contribution in [0.15, 0.2) is 18.2 Å². The minimum atomic E-state index is -0.364. The largest absolute Gasteiger partial charge is 0.393 e. The van der Waals surface area contributed by atoms with Gasteiger partial charge in [0.15, 0.2) is 0 Å². The number of hydrogen-bond acceptors (Lipinski definition) is 4. The lowest BCUT2D eigenvalue weighted by molar-refractivity contribution is -0.385. The molecule has 1 aromatic rings. The first-order chi connectivity index (χ1) is 9.06. The van der Waals surface area contributed by atoms with Crippen LogP contribution < -0.4 is 5.32 Å². The van der Waals surface area contributed by atoms with Crippen LogP contribution in [0.5, 0.6) is 0 Å². The fourth-order valence-electron chi connectivity index (χ4n) is 2.68. The van der Waals surface area contributed by atoms with Crippen LogP contribution in [0, 0.1) is 23.0 Å².